The van der Waals surface area contributed by atoms with Gasteiger partial charge in [-0.05, 0) is 49.6 Å². The summed E-state index contributed by atoms with van der Waals surface area (Å²) in [4.78, 5) is 22.2. The number of aryl methyl sites for hydroxylation is 2. The minimum Gasteiger partial charge on any atom is -0.378 e. The Balaban J connectivity index is 1.22. The van der Waals surface area contributed by atoms with Crippen LogP contribution in [0.3, 0.4) is 0 Å². The highest BCUT2D eigenvalue weighted by molar-refractivity contribution is 6.04. The fourth-order valence-corrected chi connectivity index (χ4v) is 4.41. The first-order valence-corrected chi connectivity index (χ1v) is 11.9. The first-order valence-electron chi connectivity index (χ1n) is 11.9. The minimum absolute atomic E-state index is 0.136. The van der Waals surface area contributed by atoms with Crippen LogP contribution < -0.4 is 5.32 Å². The SMILES string of the molecule is Cc1ccc(-c2noc(CC3CCCO3)n2)cc1NC(=O)c1cnc2cc(-c3ccn(C)n3)ccn12. The Morgan fingerprint density at radius 2 is 2.08 bits per heavy atom. The standard InChI is InChI=1S/C26H25N7O3/c1-16-5-6-18(25-29-24(36-31-25)14-19-4-3-11-35-19)12-21(16)28-26(34)22-15-27-23-13-17(7-10-33(22)23)20-8-9-32(2)30-20/h5-10,12-13,15,19H,3-4,11,14H2,1-2H3,(H,28,34). The second-order valence-corrected chi connectivity index (χ2v) is 9.00. The van der Waals surface area contributed by atoms with Crippen molar-refractivity contribution in [1.29, 1.82) is 0 Å². The summed E-state index contributed by atoms with van der Waals surface area (Å²) < 4.78 is 14.6. The highest BCUT2D eigenvalue weighted by Gasteiger charge is 2.20. The molecule has 1 fully saturated rings. The summed E-state index contributed by atoms with van der Waals surface area (Å²) >= 11 is 0. The largest absolute Gasteiger partial charge is 0.378 e. The minimum atomic E-state index is -0.263. The summed E-state index contributed by atoms with van der Waals surface area (Å²) in [5.74, 6) is 0.773. The Hall–Kier alpha value is -4.31. The zero-order chi connectivity index (χ0) is 24.6. The fourth-order valence-electron chi connectivity index (χ4n) is 4.41. The number of carbonyl (C=O) groups excluding carboxylic acids is 1. The molecule has 5 heterocycles. The molecule has 1 atom stereocenters. The van der Waals surface area contributed by atoms with E-state index in [1.807, 2.05) is 62.8 Å². The zero-order valence-electron chi connectivity index (χ0n) is 20.0. The van der Waals surface area contributed by atoms with Gasteiger partial charge in [0, 0.05) is 42.9 Å². The maximum absolute atomic E-state index is 13.2. The molecule has 1 aromatic carbocycles. The van der Waals surface area contributed by atoms with Crippen molar-refractivity contribution in [3.05, 3.63) is 72.1 Å². The van der Waals surface area contributed by atoms with Gasteiger partial charge in [-0.15, -0.1) is 0 Å². The molecule has 1 N–H and O–H groups in total. The number of amides is 1. The van der Waals surface area contributed by atoms with Crippen LogP contribution in [0.25, 0.3) is 28.3 Å². The lowest BCUT2D eigenvalue weighted by Gasteiger charge is -2.10. The first-order chi connectivity index (χ1) is 17.5. The number of anilines is 1. The fraction of sp³-hybridized carbons (Fsp3) is 0.269. The van der Waals surface area contributed by atoms with Gasteiger partial charge in [0.25, 0.3) is 5.91 Å². The average Bonchev–Trinajstić information content (AvgIpc) is 3.68. The van der Waals surface area contributed by atoms with Crippen LogP contribution in [0.15, 0.2) is 59.5 Å². The normalized spacial score (nSPS) is 15.6. The van der Waals surface area contributed by atoms with Crippen molar-refractivity contribution in [2.45, 2.75) is 32.3 Å². The molecule has 0 aliphatic carbocycles. The molecule has 5 aromatic rings. The van der Waals surface area contributed by atoms with Crippen LogP contribution in [-0.4, -0.2) is 47.9 Å². The van der Waals surface area contributed by atoms with Gasteiger partial charge >= 0.3 is 0 Å². The second kappa shape index (κ2) is 9.04. The van der Waals surface area contributed by atoms with Gasteiger partial charge in [-0.2, -0.15) is 10.1 Å². The van der Waals surface area contributed by atoms with Crippen LogP contribution in [0.4, 0.5) is 5.69 Å². The van der Waals surface area contributed by atoms with Crippen LogP contribution in [0.2, 0.25) is 0 Å². The van der Waals surface area contributed by atoms with E-state index in [4.69, 9.17) is 9.26 Å². The number of carbonyl (C=O) groups is 1. The van der Waals surface area contributed by atoms with E-state index in [9.17, 15) is 4.79 Å². The van der Waals surface area contributed by atoms with E-state index in [2.05, 4.69) is 25.5 Å². The van der Waals surface area contributed by atoms with Crippen molar-refractivity contribution in [3.63, 3.8) is 0 Å². The van der Waals surface area contributed by atoms with Crippen LogP contribution in [0.1, 0.15) is 34.8 Å². The molecule has 0 saturated carbocycles. The first kappa shape index (κ1) is 22.2. The number of pyridine rings is 1. The average molecular weight is 484 g/mol. The van der Waals surface area contributed by atoms with Gasteiger partial charge in [0.15, 0.2) is 0 Å². The molecule has 6 rings (SSSR count). The predicted molar refractivity (Wildman–Crippen MR) is 132 cm³/mol. The van der Waals surface area contributed by atoms with Crippen molar-refractivity contribution in [1.82, 2.24) is 29.3 Å². The molecule has 36 heavy (non-hydrogen) atoms. The van der Waals surface area contributed by atoms with Crippen LogP contribution in [0.5, 0.6) is 0 Å². The van der Waals surface area contributed by atoms with E-state index in [0.717, 1.165) is 41.8 Å². The third-order valence-corrected chi connectivity index (χ3v) is 6.39. The lowest BCUT2D eigenvalue weighted by Crippen LogP contribution is -2.15. The summed E-state index contributed by atoms with van der Waals surface area (Å²) in [7, 11) is 1.88. The van der Waals surface area contributed by atoms with Gasteiger partial charge < -0.3 is 14.6 Å². The number of aromatic nitrogens is 6. The molecule has 182 valence electrons. The summed E-state index contributed by atoms with van der Waals surface area (Å²) in [6.45, 7) is 2.72. The second-order valence-electron chi connectivity index (χ2n) is 9.00. The third-order valence-electron chi connectivity index (χ3n) is 6.39. The van der Waals surface area contributed by atoms with Crippen LogP contribution in [0, 0.1) is 6.92 Å². The van der Waals surface area contributed by atoms with E-state index >= 15 is 0 Å². The van der Waals surface area contributed by atoms with Gasteiger partial charge in [-0.3, -0.25) is 13.9 Å². The van der Waals surface area contributed by atoms with E-state index in [1.165, 1.54) is 0 Å². The zero-order valence-corrected chi connectivity index (χ0v) is 20.0. The smallest absolute Gasteiger partial charge is 0.274 e. The lowest BCUT2D eigenvalue weighted by atomic mass is 10.1. The van der Waals surface area contributed by atoms with Crippen molar-refractivity contribution < 1.29 is 14.1 Å². The number of hydrogen-bond donors (Lipinski definition) is 1. The molecule has 1 saturated heterocycles. The molecule has 0 spiro atoms. The summed E-state index contributed by atoms with van der Waals surface area (Å²) in [5.41, 5.74) is 5.23. The van der Waals surface area contributed by atoms with E-state index in [-0.39, 0.29) is 12.0 Å². The molecule has 1 aliphatic rings. The molecule has 10 nitrogen and oxygen atoms in total. The van der Waals surface area contributed by atoms with Gasteiger partial charge in [0.1, 0.15) is 11.3 Å². The predicted octanol–water partition coefficient (Wildman–Crippen LogP) is 4.07. The Kier molecular flexibility index (Phi) is 5.57. The van der Waals surface area contributed by atoms with Crippen molar-refractivity contribution in [2.75, 3.05) is 11.9 Å². The maximum atomic E-state index is 13.2. The van der Waals surface area contributed by atoms with Crippen molar-refractivity contribution in [3.8, 4) is 22.6 Å². The summed E-state index contributed by atoms with van der Waals surface area (Å²) in [5, 5.41) is 11.6. The summed E-state index contributed by atoms with van der Waals surface area (Å²) in [6, 6.07) is 11.5. The number of nitrogens with zero attached hydrogens (tertiary/aromatic N) is 6. The number of ether oxygens (including phenoxy) is 1. The molecule has 1 unspecified atom stereocenters. The van der Waals surface area contributed by atoms with E-state index < -0.39 is 0 Å². The lowest BCUT2D eigenvalue weighted by molar-refractivity contribution is 0.102. The molecule has 4 aromatic heterocycles. The highest BCUT2D eigenvalue weighted by Crippen LogP contribution is 2.26. The monoisotopic (exact) mass is 483 g/mol. The number of benzene rings is 1. The molecular weight excluding hydrogens is 458 g/mol. The summed E-state index contributed by atoms with van der Waals surface area (Å²) in [6.07, 6.45) is 8.11. The Morgan fingerprint density at radius 1 is 1.17 bits per heavy atom. The molecule has 0 radical (unpaired) electrons. The third kappa shape index (κ3) is 4.27. The molecule has 1 aliphatic heterocycles. The number of nitrogens with one attached hydrogen (secondary N) is 1. The van der Waals surface area contributed by atoms with Gasteiger partial charge in [-0.1, -0.05) is 17.3 Å². The molecule has 1 amide bonds. The Labute approximate surface area is 206 Å². The highest BCUT2D eigenvalue weighted by atomic mass is 16.5. The Morgan fingerprint density at radius 3 is 2.89 bits per heavy atom. The molecule has 0 bridgehead atoms. The van der Waals surface area contributed by atoms with Crippen molar-refractivity contribution in [2.24, 2.45) is 7.05 Å². The van der Waals surface area contributed by atoms with Gasteiger partial charge in [-0.25, -0.2) is 4.98 Å². The molecule has 10 heteroatoms. The number of hydrogen-bond acceptors (Lipinski definition) is 7. The quantitative estimate of drug-likeness (QED) is 0.387. The van der Waals surface area contributed by atoms with Crippen LogP contribution >= 0.6 is 0 Å². The number of imidazole rings is 1. The number of fused-ring (bicyclic) bond motifs is 1. The van der Waals surface area contributed by atoms with Crippen molar-refractivity contribution >= 4 is 17.2 Å². The van der Waals surface area contributed by atoms with Crippen LogP contribution in [-0.2, 0) is 18.2 Å². The van der Waals surface area contributed by atoms with Gasteiger partial charge in [0.2, 0.25) is 11.7 Å². The van der Waals surface area contributed by atoms with E-state index in [1.54, 1.807) is 15.3 Å². The maximum Gasteiger partial charge on any atom is 0.274 e. The van der Waals surface area contributed by atoms with Gasteiger partial charge in [0.05, 0.1) is 24.4 Å². The topological polar surface area (TPSA) is 112 Å². The van der Waals surface area contributed by atoms with E-state index in [0.29, 0.717) is 35.2 Å². The molecular formula is C26H25N7O3. The Bertz CT molecular complexity index is 1560. The number of rotatable bonds is 6.